The largest absolute Gasteiger partial charge is 0.337 e. The van der Waals surface area contributed by atoms with E-state index in [2.05, 4.69) is 15.1 Å². The van der Waals surface area contributed by atoms with Crippen molar-refractivity contribution in [2.75, 3.05) is 0 Å². The number of rotatable bonds is 4. The van der Waals surface area contributed by atoms with Gasteiger partial charge in [-0.2, -0.15) is 15.0 Å². The van der Waals surface area contributed by atoms with Gasteiger partial charge in [0.25, 0.3) is 0 Å². The quantitative estimate of drug-likeness (QED) is 0.809. The molecule has 2 saturated heterocycles. The molecule has 2 bridgehead atoms. The molecule has 0 saturated carbocycles. The zero-order chi connectivity index (χ0) is 17.4. The molecule has 0 aliphatic carbocycles. The van der Waals surface area contributed by atoms with E-state index < -0.39 is 0 Å². The predicted octanol–water partition coefficient (Wildman–Crippen LogP) is 3.91. The summed E-state index contributed by atoms with van der Waals surface area (Å²) < 4.78 is 0. The summed E-state index contributed by atoms with van der Waals surface area (Å²) in [6, 6.07) is 6.52. The Balaban J connectivity index is 1.39. The van der Waals surface area contributed by atoms with Crippen molar-refractivity contribution in [3.8, 4) is 0 Å². The number of piperidine rings is 1. The molecule has 25 heavy (non-hydrogen) atoms. The Morgan fingerprint density at radius 2 is 1.72 bits per heavy atom. The van der Waals surface area contributed by atoms with Crippen LogP contribution in [0.25, 0.3) is 0 Å². The minimum Gasteiger partial charge on any atom is -0.337 e. The van der Waals surface area contributed by atoms with E-state index >= 15 is 0 Å². The second-order valence-corrected chi connectivity index (χ2v) is 7.72. The van der Waals surface area contributed by atoms with Crippen LogP contribution in [0.15, 0.2) is 30.6 Å². The lowest BCUT2D eigenvalue weighted by Gasteiger charge is -2.38. The lowest BCUT2D eigenvalue weighted by Crippen LogP contribution is -2.47. The predicted molar refractivity (Wildman–Crippen MR) is 96.7 cm³/mol. The summed E-state index contributed by atoms with van der Waals surface area (Å²) in [7, 11) is 0. The number of fused-ring (bicyclic) bond motifs is 2. The van der Waals surface area contributed by atoms with E-state index in [0.29, 0.717) is 41.0 Å². The summed E-state index contributed by atoms with van der Waals surface area (Å²) in [5.74, 6) is 0.241. The van der Waals surface area contributed by atoms with E-state index in [1.807, 2.05) is 16.9 Å². The molecule has 2 aliphatic rings. The van der Waals surface area contributed by atoms with Crippen LogP contribution < -0.4 is 0 Å². The van der Waals surface area contributed by atoms with Gasteiger partial charge in [0, 0.05) is 18.5 Å². The number of benzene rings is 1. The summed E-state index contributed by atoms with van der Waals surface area (Å²) in [5.41, 5.74) is 1.05. The first kappa shape index (κ1) is 16.9. The molecule has 2 aromatic rings. The third-order valence-corrected chi connectivity index (χ3v) is 6.11. The standard InChI is InChI=1S/C18H20Cl2N4O/c19-16-5-1-12(9-17(16)20)2-6-18(25)23-13-3-4-14(23)11-15(10-13)24-21-7-8-22-24/h1,5,7-9,13-15H,2-4,6,10-11H2. The Morgan fingerprint density at radius 3 is 2.36 bits per heavy atom. The number of carbonyl (C=O) groups excluding carboxylic acids is 1. The highest BCUT2D eigenvalue weighted by atomic mass is 35.5. The SMILES string of the molecule is O=C(CCc1ccc(Cl)c(Cl)c1)N1C2CCC1CC(n1nccn1)C2. The van der Waals surface area contributed by atoms with Gasteiger partial charge in [0.15, 0.2) is 0 Å². The van der Waals surface area contributed by atoms with Gasteiger partial charge in [-0.05, 0) is 49.8 Å². The van der Waals surface area contributed by atoms with Crippen molar-refractivity contribution in [2.45, 2.75) is 56.7 Å². The Kier molecular flexibility index (Phi) is 4.69. The molecular formula is C18H20Cl2N4O. The summed E-state index contributed by atoms with van der Waals surface area (Å²) in [4.78, 5) is 16.7. The number of hydrogen-bond acceptors (Lipinski definition) is 3. The second kappa shape index (κ2) is 6.96. The number of aryl methyl sites for hydroxylation is 1. The monoisotopic (exact) mass is 378 g/mol. The molecule has 0 radical (unpaired) electrons. The van der Waals surface area contributed by atoms with Crippen molar-refractivity contribution in [1.82, 2.24) is 19.9 Å². The van der Waals surface area contributed by atoms with Crippen LogP contribution in [0, 0.1) is 0 Å². The van der Waals surface area contributed by atoms with Crippen LogP contribution in [-0.2, 0) is 11.2 Å². The Hall–Kier alpha value is -1.59. The minimum atomic E-state index is 0.241. The van der Waals surface area contributed by atoms with Gasteiger partial charge in [-0.1, -0.05) is 29.3 Å². The third-order valence-electron chi connectivity index (χ3n) is 5.37. The van der Waals surface area contributed by atoms with Gasteiger partial charge in [-0.3, -0.25) is 4.79 Å². The smallest absolute Gasteiger partial charge is 0.223 e. The van der Waals surface area contributed by atoms with E-state index in [4.69, 9.17) is 23.2 Å². The van der Waals surface area contributed by atoms with Crippen LogP contribution in [0.2, 0.25) is 10.0 Å². The Bertz CT molecular complexity index is 750. The van der Waals surface area contributed by atoms with Crippen molar-refractivity contribution >= 4 is 29.1 Å². The van der Waals surface area contributed by atoms with E-state index in [-0.39, 0.29) is 5.91 Å². The average Bonchev–Trinajstić information content (AvgIpc) is 3.22. The fourth-order valence-corrected chi connectivity index (χ4v) is 4.55. The van der Waals surface area contributed by atoms with Crippen molar-refractivity contribution in [3.05, 3.63) is 46.2 Å². The molecule has 2 fully saturated rings. The van der Waals surface area contributed by atoms with E-state index in [9.17, 15) is 4.79 Å². The van der Waals surface area contributed by atoms with Crippen molar-refractivity contribution in [2.24, 2.45) is 0 Å². The maximum absolute atomic E-state index is 12.8. The number of hydrogen-bond donors (Lipinski definition) is 0. The third kappa shape index (κ3) is 3.40. The molecule has 3 heterocycles. The number of amides is 1. The molecule has 0 spiro atoms. The molecule has 1 aromatic carbocycles. The normalized spacial score (nSPS) is 25.4. The van der Waals surface area contributed by atoms with Crippen molar-refractivity contribution in [1.29, 1.82) is 0 Å². The van der Waals surface area contributed by atoms with Gasteiger partial charge in [0.05, 0.1) is 28.5 Å². The molecule has 4 rings (SSSR count). The molecule has 2 aliphatic heterocycles. The number of aromatic nitrogens is 3. The van der Waals surface area contributed by atoms with E-state index in [1.165, 1.54) is 0 Å². The van der Waals surface area contributed by atoms with Crippen LogP contribution in [0.5, 0.6) is 0 Å². The van der Waals surface area contributed by atoms with E-state index in [0.717, 1.165) is 31.2 Å². The molecule has 7 heteroatoms. The minimum absolute atomic E-state index is 0.241. The van der Waals surface area contributed by atoms with Crippen LogP contribution in [0.1, 0.15) is 43.7 Å². The lowest BCUT2D eigenvalue weighted by molar-refractivity contribution is -0.136. The maximum Gasteiger partial charge on any atom is 0.223 e. The summed E-state index contributed by atoms with van der Waals surface area (Å²) in [6.07, 6.45) is 8.70. The first-order chi connectivity index (χ1) is 12.1. The van der Waals surface area contributed by atoms with Crippen molar-refractivity contribution < 1.29 is 4.79 Å². The first-order valence-electron chi connectivity index (χ1n) is 8.72. The molecule has 1 aromatic heterocycles. The summed E-state index contributed by atoms with van der Waals surface area (Å²) >= 11 is 12.0. The fraction of sp³-hybridized carbons (Fsp3) is 0.500. The summed E-state index contributed by atoms with van der Waals surface area (Å²) in [6.45, 7) is 0. The number of halogens is 2. The maximum atomic E-state index is 12.8. The van der Waals surface area contributed by atoms with Crippen molar-refractivity contribution in [3.63, 3.8) is 0 Å². The van der Waals surface area contributed by atoms with Gasteiger partial charge in [0.2, 0.25) is 5.91 Å². The highest BCUT2D eigenvalue weighted by Crippen LogP contribution is 2.40. The Morgan fingerprint density at radius 1 is 1.04 bits per heavy atom. The fourth-order valence-electron chi connectivity index (χ4n) is 4.23. The first-order valence-corrected chi connectivity index (χ1v) is 9.48. The van der Waals surface area contributed by atoms with E-state index in [1.54, 1.807) is 18.5 Å². The summed E-state index contributed by atoms with van der Waals surface area (Å²) in [5, 5.41) is 9.64. The molecule has 2 atom stereocenters. The van der Waals surface area contributed by atoms with Gasteiger partial charge in [-0.25, -0.2) is 0 Å². The van der Waals surface area contributed by atoms with Gasteiger partial charge < -0.3 is 4.90 Å². The van der Waals surface area contributed by atoms with Crippen LogP contribution >= 0.6 is 23.2 Å². The molecule has 1 amide bonds. The van der Waals surface area contributed by atoms with Gasteiger partial charge in [0.1, 0.15) is 0 Å². The average molecular weight is 379 g/mol. The zero-order valence-corrected chi connectivity index (χ0v) is 15.3. The molecule has 5 nitrogen and oxygen atoms in total. The molecule has 0 N–H and O–H groups in total. The second-order valence-electron chi connectivity index (χ2n) is 6.91. The highest BCUT2D eigenvalue weighted by Gasteiger charge is 2.43. The van der Waals surface area contributed by atoms with Gasteiger partial charge >= 0.3 is 0 Å². The molecule has 2 unspecified atom stereocenters. The molecule has 132 valence electrons. The zero-order valence-electron chi connectivity index (χ0n) is 13.8. The number of carbonyl (C=O) groups is 1. The van der Waals surface area contributed by atoms with Gasteiger partial charge in [-0.15, -0.1) is 0 Å². The molecular weight excluding hydrogens is 359 g/mol. The van der Waals surface area contributed by atoms with Crippen LogP contribution in [0.4, 0.5) is 0 Å². The highest BCUT2D eigenvalue weighted by molar-refractivity contribution is 6.42. The number of nitrogens with zero attached hydrogens (tertiary/aromatic N) is 4. The topological polar surface area (TPSA) is 51.0 Å². The Labute approximate surface area is 156 Å². The van der Waals surface area contributed by atoms with Crippen LogP contribution in [0.3, 0.4) is 0 Å². The lowest BCUT2D eigenvalue weighted by atomic mass is 9.97. The van der Waals surface area contributed by atoms with Crippen LogP contribution in [-0.4, -0.2) is 37.9 Å².